The number of nitrogens with zero attached hydrogens (tertiary/aromatic N) is 6. The van der Waals surface area contributed by atoms with Crippen LogP contribution in [0.4, 0.5) is 17.6 Å². The van der Waals surface area contributed by atoms with Crippen LogP contribution in [-0.2, 0) is 11.3 Å². The molecule has 3 heterocycles. The van der Waals surface area contributed by atoms with E-state index >= 15 is 0 Å². The predicted octanol–water partition coefficient (Wildman–Crippen LogP) is 1.57. The van der Waals surface area contributed by atoms with Gasteiger partial charge in [0.15, 0.2) is 0 Å². The first-order valence-electron chi connectivity index (χ1n) is 13.1. The van der Waals surface area contributed by atoms with Gasteiger partial charge < -0.3 is 31.2 Å². The first-order chi connectivity index (χ1) is 18.2. The molecule has 2 aliphatic rings. The number of rotatable bonds is 12. The Morgan fingerprint density at radius 1 is 1.14 bits per heavy atom. The lowest BCUT2D eigenvalue weighted by Crippen LogP contribution is -2.39. The van der Waals surface area contributed by atoms with E-state index in [0.29, 0.717) is 50.4 Å². The molecule has 0 radical (unpaired) electrons. The highest BCUT2D eigenvalue weighted by atomic mass is 16.5. The number of piperidine rings is 1. The maximum absolute atomic E-state index is 8.91. The molecule has 0 bridgehead atoms. The molecule has 11 heteroatoms. The number of nitrogens with two attached hydrogens (primary N) is 1. The summed E-state index contributed by atoms with van der Waals surface area (Å²) in [6.07, 6.45) is 4.34. The number of anilines is 3. The summed E-state index contributed by atoms with van der Waals surface area (Å²) in [5.74, 6) is 7.73. The second-order valence-corrected chi connectivity index (χ2v) is 9.30. The van der Waals surface area contributed by atoms with E-state index in [4.69, 9.17) is 25.7 Å². The largest absolute Gasteiger partial charge is 0.396 e. The molecule has 4 rings (SSSR count). The van der Waals surface area contributed by atoms with Crippen LogP contribution in [0.25, 0.3) is 0 Å². The van der Waals surface area contributed by atoms with Crippen LogP contribution in [0, 0.1) is 0 Å². The van der Waals surface area contributed by atoms with Crippen LogP contribution >= 0.6 is 0 Å². The van der Waals surface area contributed by atoms with Gasteiger partial charge in [0.05, 0.1) is 25.5 Å². The Balaban J connectivity index is 1.38. The van der Waals surface area contributed by atoms with Crippen LogP contribution < -0.4 is 21.4 Å². The zero-order valence-electron chi connectivity index (χ0n) is 21.4. The molecule has 0 spiro atoms. The van der Waals surface area contributed by atoms with E-state index in [1.807, 2.05) is 6.07 Å². The number of aliphatic hydroxyl groups is 1. The maximum atomic E-state index is 8.91. The second-order valence-electron chi connectivity index (χ2n) is 9.30. The third-order valence-corrected chi connectivity index (χ3v) is 6.52. The van der Waals surface area contributed by atoms with Crippen LogP contribution in [0.5, 0.6) is 0 Å². The van der Waals surface area contributed by atoms with Gasteiger partial charge in [0, 0.05) is 64.2 Å². The van der Waals surface area contributed by atoms with Gasteiger partial charge in [-0.2, -0.15) is 15.1 Å². The van der Waals surface area contributed by atoms with Crippen LogP contribution in [0.2, 0.25) is 0 Å². The van der Waals surface area contributed by atoms with Crippen molar-refractivity contribution in [3.8, 4) is 0 Å². The van der Waals surface area contributed by atoms with Gasteiger partial charge in [0.2, 0.25) is 5.95 Å². The van der Waals surface area contributed by atoms with E-state index in [-0.39, 0.29) is 6.61 Å². The minimum atomic E-state index is 0.106. The Labute approximate surface area is 218 Å². The van der Waals surface area contributed by atoms with E-state index < -0.39 is 0 Å². The minimum Gasteiger partial charge on any atom is -0.396 e. The standard InChI is InChI=1S/C26H39N9O2/c27-33-23(18-28-9-4-14-36)19-29-26-31-24(17-25(32-26)35-12-15-37-16-13-35)30-22-7-10-34(11-8-22)20-21-5-2-1-3-6-21/h1-3,5-6,17-18,22,36H,4,7-16,19-20,27H2,(H2,29,30,31,32). The van der Waals surface area contributed by atoms with Gasteiger partial charge in [-0.25, -0.2) is 0 Å². The molecule has 2 fully saturated rings. The average Bonchev–Trinajstić information content (AvgIpc) is 2.95. The Bertz CT molecular complexity index is 1000. The molecule has 37 heavy (non-hydrogen) atoms. The van der Waals surface area contributed by atoms with Crippen LogP contribution in [0.15, 0.2) is 46.5 Å². The third kappa shape index (κ3) is 8.66. The molecule has 200 valence electrons. The van der Waals surface area contributed by atoms with Gasteiger partial charge in [-0.15, -0.1) is 0 Å². The van der Waals surface area contributed by atoms with Crippen LogP contribution in [-0.4, -0.2) is 97.0 Å². The summed E-state index contributed by atoms with van der Waals surface area (Å²) in [5.41, 5.74) is 1.94. The quantitative estimate of drug-likeness (QED) is 0.145. The number of aliphatic imine (C=N–C) groups is 1. The molecule has 0 unspecified atom stereocenters. The zero-order chi connectivity index (χ0) is 25.7. The van der Waals surface area contributed by atoms with Crippen LogP contribution in [0.3, 0.4) is 0 Å². The lowest BCUT2D eigenvalue weighted by atomic mass is 10.0. The summed E-state index contributed by atoms with van der Waals surface area (Å²) in [6.45, 7) is 7.02. The van der Waals surface area contributed by atoms with Gasteiger partial charge in [0.25, 0.3) is 0 Å². The molecular formula is C26H39N9O2. The normalized spacial score (nSPS) is 17.9. The van der Waals surface area contributed by atoms with Crippen molar-refractivity contribution in [3.05, 3.63) is 42.0 Å². The summed E-state index contributed by atoms with van der Waals surface area (Å²) in [6, 6.07) is 13.0. The Kier molecular flexibility index (Phi) is 10.5. The van der Waals surface area contributed by atoms with Crippen molar-refractivity contribution in [2.24, 2.45) is 15.9 Å². The summed E-state index contributed by atoms with van der Waals surface area (Å²) < 4.78 is 5.52. The van der Waals surface area contributed by atoms with E-state index in [1.54, 1.807) is 6.21 Å². The monoisotopic (exact) mass is 509 g/mol. The smallest absolute Gasteiger partial charge is 0.226 e. The molecule has 1 aromatic carbocycles. The number of likely N-dealkylation sites (tertiary alicyclic amines) is 1. The molecule has 2 aromatic rings. The number of hydrogen-bond donors (Lipinski definition) is 4. The number of aliphatic hydroxyl groups excluding tert-OH is 1. The van der Waals surface area contributed by atoms with E-state index in [2.05, 4.69) is 60.9 Å². The Morgan fingerprint density at radius 2 is 1.92 bits per heavy atom. The fourth-order valence-electron chi connectivity index (χ4n) is 4.45. The fraction of sp³-hybridized carbons (Fsp3) is 0.538. The summed E-state index contributed by atoms with van der Waals surface area (Å²) in [7, 11) is 0. The highest BCUT2D eigenvalue weighted by Crippen LogP contribution is 2.22. The lowest BCUT2D eigenvalue weighted by Gasteiger charge is -2.33. The van der Waals surface area contributed by atoms with Gasteiger partial charge in [-0.05, 0) is 24.8 Å². The Hall–Kier alpha value is -3.28. The number of nitrogens with one attached hydrogen (secondary N) is 2. The lowest BCUT2D eigenvalue weighted by molar-refractivity contribution is 0.122. The van der Waals surface area contributed by atoms with Crippen molar-refractivity contribution >= 4 is 29.5 Å². The first-order valence-corrected chi connectivity index (χ1v) is 13.1. The molecular weight excluding hydrogens is 470 g/mol. The first kappa shape index (κ1) is 26.8. The van der Waals surface area contributed by atoms with Crippen LogP contribution in [0.1, 0.15) is 24.8 Å². The van der Waals surface area contributed by atoms with Gasteiger partial charge in [-0.3, -0.25) is 9.89 Å². The predicted molar refractivity (Wildman–Crippen MR) is 149 cm³/mol. The van der Waals surface area contributed by atoms with Crippen molar-refractivity contribution in [1.82, 2.24) is 14.9 Å². The zero-order valence-corrected chi connectivity index (χ0v) is 21.4. The molecule has 0 amide bonds. The van der Waals surface area contributed by atoms with Crippen molar-refractivity contribution in [2.45, 2.75) is 31.8 Å². The maximum Gasteiger partial charge on any atom is 0.226 e. The number of ether oxygens (including phenoxy) is 1. The molecule has 2 saturated heterocycles. The van der Waals surface area contributed by atoms with Gasteiger partial charge in [-0.1, -0.05) is 30.3 Å². The summed E-state index contributed by atoms with van der Waals surface area (Å²) >= 11 is 0. The molecule has 11 nitrogen and oxygen atoms in total. The number of morpholine rings is 1. The van der Waals surface area contributed by atoms with Crippen molar-refractivity contribution in [3.63, 3.8) is 0 Å². The SMILES string of the molecule is NN=C(C=NCCCO)CNc1nc(NC2CCN(Cc3ccccc3)CC2)cc(N2CCOCC2)n1. The van der Waals surface area contributed by atoms with Crippen molar-refractivity contribution in [1.29, 1.82) is 0 Å². The van der Waals surface area contributed by atoms with E-state index in [9.17, 15) is 0 Å². The van der Waals surface area contributed by atoms with Gasteiger partial charge >= 0.3 is 0 Å². The van der Waals surface area contributed by atoms with Crippen molar-refractivity contribution < 1.29 is 9.84 Å². The highest BCUT2D eigenvalue weighted by Gasteiger charge is 2.21. The molecule has 0 saturated carbocycles. The molecule has 2 aliphatic heterocycles. The Morgan fingerprint density at radius 3 is 2.65 bits per heavy atom. The number of hydrogen-bond acceptors (Lipinski definition) is 11. The molecule has 0 aliphatic carbocycles. The van der Waals surface area contributed by atoms with E-state index in [1.165, 1.54) is 5.56 Å². The molecule has 0 atom stereocenters. The molecule has 1 aromatic heterocycles. The topological polar surface area (TPSA) is 137 Å². The highest BCUT2D eigenvalue weighted by molar-refractivity contribution is 6.32. The van der Waals surface area contributed by atoms with Gasteiger partial charge in [0.1, 0.15) is 11.6 Å². The second kappa shape index (κ2) is 14.5. The number of benzene rings is 1. The number of aromatic nitrogens is 2. The van der Waals surface area contributed by atoms with Crippen molar-refractivity contribution in [2.75, 3.05) is 74.6 Å². The summed E-state index contributed by atoms with van der Waals surface area (Å²) in [5, 5.41) is 19.6. The van der Waals surface area contributed by atoms with E-state index in [0.717, 1.165) is 57.2 Å². The number of hydrazone groups is 1. The minimum absolute atomic E-state index is 0.106. The fourth-order valence-corrected chi connectivity index (χ4v) is 4.45. The molecule has 5 N–H and O–H groups in total. The third-order valence-electron chi connectivity index (χ3n) is 6.52. The average molecular weight is 510 g/mol. The summed E-state index contributed by atoms with van der Waals surface area (Å²) in [4.78, 5) is 18.5.